The quantitative estimate of drug-likeness (QED) is 0.784. The van der Waals surface area contributed by atoms with E-state index < -0.39 is 10.0 Å². The summed E-state index contributed by atoms with van der Waals surface area (Å²) in [6.07, 6.45) is 0. The van der Waals surface area contributed by atoms with Crippen LogP contribution >= 0.6 is 0 Å². The van der Waals surface area contributed by atoms with Gasteiger partial charge in [-0.15, -0.1) is 0 Å². The lowest BCUT2D eigenvalue weighted by molar-refractivity contribution is -0.119. The molecule has 0 fully saturated rings. The van der Waals surface area contributed by atoms with Gasteiger partial charge >= 0.3 is 0 Å². The molecule has 24 heavy (non-hydrogen) atoms. The number of nitrogens with zero attached hydrogens (tertiary/aromatic N) is 1. The van der Waals surface area contributed by atoms with Crippen LogP contribution < -0.4 is 11.1 Å². The van der Waals surface area contributed by atoms with Crippen LogP contribution in [0, 0.1) is 19.8 Å². The number of nitrogens with two attached hydrogens (primary N) is 1. The lowest BCUT2D eigenvalue weighted by Crippen LogP contribution is -2.34. The second kappa shape index (κ2) is 8.09. The molecule has 0 spiro atoms. The van der Waals surface area contributed by atoms with E-state index in [-0.39, 0.29) is 22.8 Å². The first-order valence-corrected chi connectivity index (χ1v) is 9.68. The van der Waals surface area contributed by atoms with Crippen LogP contribution in [-0.4, -0.2) is 37.8 Å². The van der Waals surface area contributed by atoms with E-state index in [1.807, 2.05) is 13.8 Å². The van der Waals surface area contributed by atoms with E-state index in [1.165, 1.54) is 10.4 Å². The van der Waals surface area contributed by atoms with Gasteiger partial charge in [-0.2, -0.15) is 4.31 Å². The zero-order valence-electron chi connectivity index (χ0n) is 15.4. The number of nitrogens with one attached hydrogen (secondary N) is 1. The zero-order valence-corrected chi connectivity index (χ0v) is 16.2. The predicted octanol–water partition coefficient (Wildman–Crippen LogP) is 2.26. The second-order valence-electron chi connectivity index (χ2n) is 6.14. The SMILES string of the molecule is CCN(CC)S(=O)(=O)c1cc(C)c(C)c(NC(=O)C(C)C(C)N)c1. The van der Waals surface area contributed by atoms with Crippen molar-refractivity contribution in [2.75, 3.05) is 18.4 Å². The molecule has 3 N–H and O–H groups in total. The van der Waals surface area contributed by atoms with Crippen LogP contribution in [0.25, 0.3) is 0 Å². The largest absolute Gasteiger partial charge is 0.327 e. The lowest BCUT2D eigenvalue weighted by atomic mass is 10.0. The van der Waals surface area contributed by atoms with Gasteiger partial charge in [0.05, 0.1) is 10.8 Å². The standard InChI is InChI=1S/C17H29N3O3S/c1-7-20(8-2)24(22,23)15-9-11(3)12(4)16(10-15)19-17(21)13(5)14(6)18/h9-10,13-14H,7-8,18H2,1-6H3,(H,19,21). The Morgan fingerprint density at radius 3 is 2.21 bits per heavy atom. The highest BCUT2D eigenvalue weighted by Crippen LogP contribution is 2.26. The first-order chi connectivity index (χ1) is 11.1. The molecule has 0 heterocycles. The van der Waals surface area contributed by atoms with E-state index in [1.54, 1.807) is 33.8 Å². The topological polar surface area (TPSA) is 92.5 Å². The van der Waals surface area contributed by atoms with E-state index in [0.717, 1.165) is 11.1 Å². The molecule has 2 atom stereocenters. The molecular weight excluding hydrogens is 326 g/mol. The smallest absolute Gasteiger partial charge is 0.243 e. The van der Waals surface area contributed by atoms with Gasteiger partial charge in [0.1, 0.15) is 0 Å². The molecule has 1 aromatic rings. The third-order valence-electron chi connectivity index (χ3n) is 4.44. The third-order valence-corrected chi connectivity index (χ3v) is 6.47. The van der Waals surface area contributed by atoms with Crippen LogP contribution in [0.15, 0.2) is 17.0 Å². The van der Waals surface area contributed by atoms with Gasteiger partial charge in [-0.1, -0.05) is 20.8 Å². The Morgan fingerprint density at radius 2 is 1.75 bits per heavy atom. The van der Waals surface area contributed by atoms with Crippen LogP contribution in [0.2, 0.25) is 0 Å². The molecule has 1 rings (SSSR count). The van der Waals surface area contributed by atoms with Crippen LogP contribution in [0.4, 0.5) is 5.69 Å². The minimum absolute atomic E-state index is 0.193. The first-order valence-electron chi connectivity index (χ1n) is 8.24. The van der Waals surface area contributed by atoms with Crippen molar-refractivity contribution < 1.29 is 13.2 Å². The van der Waals surface area contributed by atoms with E-state index in [4.69, 9.17) is 5.73 Å². The predicted molar refractivity (Wildman–Crippen MR) is 97.5 cm³/mol. The summed E-state index contributed by atoms with van der Waals surface area (Å²) in [6, 6.07) is 2.89. The molecular formula is C17H29N3O3S. The molecule has 0 saturated heterocycles. The summed E-state index contributed by atoms with van der Waals surface area (Å²) >= 11 is 0. The molecule has 6 nitrogen and oxygen atoms in total. The van der Waals surface area contributed by atoms with Crippen LogP contribution in [0.3, 0.4) is 0 Å². The molecule has 0 aliphatic heterocycles. The van der Waals surface area contributed by atoms with Gasteiger partial charge < -0.3 is 11.1 Å². The maximum atomic E-state index is 12.7. The number of hydrogen-bond donors (Lipinski definition) is 2. The number of hydrogen-bond acceptors (Lipinski definition) is 4. The first kappa shape index (κ1) is 20.6. The maximum Gasteiger partial charge on any atom is 0.243 e. The van der Waals surface area contributed by atoms with Crippen molar-refractivity contribution in [1.29, 1.82) is 0 Å². The summed E-state index contributed by atoms with van der Waals surface area (Å²) in [5.74, 6) is -0.586. The van der Waals surface area contributed by atoms with E-state index in [0.29, 0.717) is 18.8 Å². The molecule has 1 amide bonds. The summed E-state index contributed by atoms with van der Waals surface area (Å²) in [7, 11) is -3.58. The lowest BCUT2D eigenvalue weighted by Gasteiger charge is -2.21. The van der Waals surface area contributed by atoms with Gasteiger partial charge in [-0.05, 0) is 44.0 Å². The second-order valence-corrected chi connectivity index (χ2v) is 8.08. The van der Waals surface area contributed by atoms with Crippen molar-refractivity contribution in [3.05, 3.63) is 23.3 Å². The highest BCUT2D eigenvalue weighted by molar-refractivity contribution is 7.89. The molecule has 0 radical (unpaired) electrons. The fourth-order valence-corrected chi connectivity index (χ4v) is 3.87. The third kappa shape index (κ3) is 4.34. The van der Waals surface area contributed by atoms with Crippen LogP contribution in [0.5, 0.6) is 0 Å². The Morgan fingerprint density at radius 1 is 1.21 bits per heavy atom. The van der Waals surface area contributed by atoms with Crippen molar-refractivity contribution in [3.63, 3.8) is 0 Å². The molecule has 0 saturated carbocycles. The highest BCUT2D eigenvalue weighted by Gasteiger charge is 2.24. The summed E-state index contributed by atoms with van der Waals surface area (Å²) in [6.45, 7) is 11.6. The monoisotopic (exact) mass is 355 g/mol. The summed E-state index contributed by atoms with van der Waals surface area (Å²) in [5.41, 5.74) is 7.94. The van der Waals surface area contributed by atoms with Gasteiger partial charge in [-0.25, -0.2) is 8.42 Å². The van der Waals surface area contributed by atoms with Gasteiger partial charge in [0.25, 0.3) is 0 Å². The van der Waals surface area contributed by atoms with Crippen molar-refractivity contribution in [1.82, 2.24) is 4.31 Å². The normalized spacial score (nSPS) is 14.5. The van der Waals surface area contributed by atoms with Gasteiger partial charge in [0, 0.05) is 24.8 Å². The summed E-state index contributed by atoms with van der Waals surface area (Å²) in [5, 5.41) is 2.82. The molecule has 0 aromatic heterocycles. The fraction of sp³-hybridized carbons (Fsp3) is 0.588. The molecule has 136 valence electrons. The molecule has 0 bridgehead atoms. The van der Waals surface area contributed by atoms with E-state index in [9.17, 15) is 13.2 Å². The Labute approximate surface area is 145 Å². The number of carbonyl (C=O) groups is 1. The Kier molecular flexibility index (Phi) is 6.95. The number of rotatable bonds is 7. The highest BCUT2D eigenvalue weighted by atomic mass is 32.2. The number of carbonyl (C=O) groups excluding carboxylic acids is 1. The van der Waals surface area contributed by atoms with Crippen LogP contribution in [0.1, 0.15) is 38.8 Å². The van der Waals surface area contributed by atoms with Crippen molar-refractivity contribution in [2.24, 2.45) is 11.7 Å². The fourth-order valence-electron chi connectivity index (χ4n) is 2.30. The van der Waals surface area contributed by atoms with Crippen molar-refractivity contribution in [2.45, 2.75) is 52.5 Å². The van der Waals surface area contributed by atoms with Crippen molar-refractivity contribution >= 4 is 21.6 Å². The molecule has 7 heteroatoms. The Bertz CT molecular complexity index is 695. The number of sulfonamides is 1. The average molecular weight is 356 g/mol. The average Bonchev–Trinajstić information content (AvgIpc) is 2.51. The molecule has 1 aromatic carbocycles. The molecule has 2 unspecified atom stereocenters. The van der Waals surface area contributed by atoms with Crippen molar-refractivity contribution in [3.8, 4) is 0 Å². The van der Waals surface area contributed by atoms with Gasteiger partial charge in [0.2, 0.25) is 15.9 Å². The number of amides is 1. The van der Waals surface area contributed by atoms with E-state index >= 15 is 0 Å². The van der Waals surface area contributed by atoms with Gasteiger partial charge in [0.15, 0.2) is 0 Å². The summed E-state index contributed by atoms with van der Waals surface area (Å²) in [4.78, 5) is 12.5. The maximum absolute atomic E-state index is 12.7. The molecule has 0 aliphatic rings. The van der Waals surface area contributed by atoms with E-state index in [2.05, 4.69) is 5.32 Å². The zero-order chi connectivity index (χ0) is 18.7. The molecule has 0 aliphatic carbocycles. The minimum Gasteiger partial charge on any atom is -0.327 e. The number of benzene rings is 1. The summed E-state index contributed by atoms with van der Waals surface area (Å²) < 4.78 is 26.9. The minimum atomic E-state index is -3.58. The number of aryl methyl sites for hydroxylation is 1. The Balaban J connectivity index is 3.31. The number of anilines is 1. The van der Waals surface area contributed by atoms with Gasteiger partial charge in [-0.3, -0.25) is 4.79 Å². The Hall–Kier alpha value is -1.44. The van der Waals surface area contributed by atoms with Crippen LogP contribution in [-0.2, 0) is 14.8 Å².